The lowest BCUT2D eigenvalue weighted by atomic mass is 10.1. The Morgan fingerprint density at radius 2 is 2.13 bits per heavy atom. The number of nitrogens with zero attached hydrogens (tertiary/aromatic N) is 3. The van der Waals surface area contributed by atoms with E-state index in [0.717, 1.165) is 24.2 Å². The van der Waals surface area contributed by atoms with E-state index in [1.165, 1.54) is 4.68 Å². The Bertz CT molecular complexity index is 742. The lowest BCUT2D eigenvalue weighted by Crippen LogP contribution is -2.32. The average molecular weight is 312 g/mol. The van der Waals surface area contributed by atoms with Crippen molar-refractivity contribution in [2.75, 3.05) is 18.0 Å². The molecule has 1 saturated heterocycles. The Kier molecular flexibility index (Phi) is 4.41. The van der Waals surface area contributed by atoms with Gasteiger partial charge < -0.3 is 10.2 Å². The second-order valence-electron chi connectivity index (χ2n) is 5.81. The summed E-state index contributed by atoms with van der Waals surface area (Å²) in [5.41, 5.74) is 1.73. The van der Waals surface area contributed by atoms with Crippen molar-refractivity contribution in [3.63, 3.8) is 0 Å². The van der Waals surface area contributed by atoms with Crippen molar-refractivity contribution in [2.24, 2.45) is 13.0 Å². The zero-order valence-corrected chi connectivity index (χ0v) is 13.1. The molecule has 0 spiro atoms. The number of anilines is 1. The normalized spacial score (nSPS) is 17.3. The van der Waals surface area contributed by atoms with Gasteiger partial charge in [-0.25, -0.2) is 4.68 Å². The van der Waals surface area contributed by atoms with E-state index in [9.17, 15) is 9.59 Å². The first-order valence-corrected chi connectivity index (χ1v) is 7.73. The fraction of sp³-hybridized carbons (Fsp3) is 0.353. The first-order chi connectivity index (χ1) is 11.1. The fourth-order valence-electron chi connectivity index (χ4n) is 2.77. The molecule has 23 heavy (non-hydrogen) atoms. The van der Waals surface area contributed by atoms with E-state index < -0.39 is 0 Å². The molecule has 0 saturated carbocycles. The predicted octanol–water partition coefficient (Wildman–Crippen LogP) is 0.923. The third-order valence-electron chi connectivity index (χ3n) is 4.19. The van der Waals surface area contributed by atoms with Gasteiger partial charge in [-0.1, -0.05) is 30.3 Å². The van der Waals surface area contributed by atoms with Crippen LogP contribution in [0.15, 0.2) is 47.4 Å². The number of amides is 1. The van der Waals surface area contributed by atoms with E-state index in [0.29, 0.717) is 13.1 Å². The van der Waals surface area contributed by atoms with Crippen molar-refractivity contribution in [3.8, 4) is 0 Å². The van der Waals surface area contributed by atoms with Crippen LogP contribution in [0, 0.1) is 5.92 Å². The summed E-state index contributed by atoms with van der Waals surface area (Å²) in [6.07, 6.45) is 2.46. The lowest BCUT2D eigenvalue weighted by molar-refractivity contribution is -0.124. The Labute approximate surface area is 134 Å². The van der Waals surface area contributed by atoms with Gasteiger partial charge in [0, 0.05) is 32.7 Å². The first kappa shape index (κ1) is 15.3. The van der Waals surface area contributed by atoms with E-state index in [2.05, 4.69) is 10.4 Å². The number of aromatic nitrogens is 2. The SMILES string of the molecule is Cn1ncc(N2CCC(C(=O)NCc3ccccc3)C2)cc1=O. The number of carbonyl (C=O) groups excluding carboxylic acids is 1. The fourth-order valence-corrected chi connectivity index (χ4v) is 2.77. The number of aryl methyl sites for hydroxylation is 1. The van der Waals surface area contributed by atoms with Crippen LogP contribution in [0.1, 0.15) is 12.0 Å². The van der Waals surface area contributed by atoms with Crippen LogP contribution in [0.3, 0.4) is 0 Å². The topological polar surface area (TPSA) is 67.2 Å². The van der Waals surface area contributed by atoms with Crippen LogP contribution < -0.4 is 15.8 Å². The summed E-state index contributed by atoms with van der Waals surface area (Å²) in [7, 11) is 1.62. The third-order valence-corrected chi connectivity index (χ3v) is 4.19. The molecule has 6 heteroatoms. The smallest absolute Gasteiger partial charge is 0.268 e. The zero-order valence-electron chi connectivity index (χ0n) is 13.1. The van der Waals surface area contributed by atoms with Crippen LogP contribution in [0.5, 0.6) is 0 Å². The summed E-state index contributed by atoms with van der Waals surface area (Å²) in [6.45, 7) is 1.93. The van der Waals surface area contributed by atoms with E-state index in [4.69, 9.17) is 0 Å². The van der Waals surface area contributed by atoms with Gasteiger partial charge in [0.1, 0.15) is 0 Å². The van der Waals surface area contributed by atoms with Gasteiger partial charge in [0.25, 0.3) is 5.56 Å². The van der Waals surface area contributed by atoms with E-state index in [-0.39, 0.29) is 17.4 Å². The minimum absolute atomic E-state index is 0.0530. The molecule has 1 unspecified atom stereocenters. The van der Waals surface area contributed by atoms with E-state index >= 15 is 0 Å². The second kappa shape index (κ2) is 6.64. The molecule has 3 rings (SSSR count). The lowest BCUT2D eigenvalue weighted by Gasteiger charge is -2.18. The maximum Gasteiger partial charge on any atom is 0.268 e. The summed E-state index contributed by atoms with van der Waals surface area (Å²) in [6, 6.07) is 11.4. The van der Waals surface area contributed by atoms with Gasteiger partial charge in [-0.2, -0.15) is 5.10 Å². The number of hydrogen-bond acceptors (Lipinski definition) is 4. The molecule has 0 bridgehead atoms. The molecule has 1 aromatic heterocycles. The second-order valence-corrected chi connectivity index (χ2v) is 5.81. The van der Waals surface area contributed by atoms with Gasteiger partial charge in [-0.15, -0.1) is 0 Å². The highest BCUT2D eigenvalue weighted by atomic mass is 16.2. The highest BCUT2D eigenvalue weighted by Crippen LogP contribution is 2.22. The Balaban J connectivity index is 1.57. The quantitative estimate of drug-likeness (QED) is 0.912. The van der Waals surface area contributed by atoms with Crippen molar-refractivity contribution >= 4 is 11.6 Å². The molecule has 2 heterocycles. The molecule has 0 radical (unpaired) electrons. The summed E-state index contributed by atoms with van der Waals surface area (Å²) < 4.78 is 1.30. The molecule has 1 N–H and O–H groups in total. The molecular formula is C17H20N4O2. The van der Waals surface area contributed by atoms with Crippen molar-refractivity contribution < 1.29 is 4.79 Å². The minimum atomic E-state index is -0.139. The highest BCUT2D eigenvalue weighted by Gasteiger charge is 2.28. The van der Waals surface area contributed by atoms with Gasteiger partial charge in [-0.3, -0.25) is 9.59 Å². The van der Waals surface area contributed by atoms with Gasteiger partial charge in [-0.05, 0) is 12.0 Å². The van der Waals surface area contributed by atoms with Gasteiger partial charge >= 0.3 is 0 Å². The molecule has 0 aliphatic carbocycles. The Morgan fingerprint density at radius 3 is 2.87 bits per heavy atom. The summed E-state index contributed by atoms with van der Waals surface area (Å²) >= 11 is 0. The number of hydrogen-bond donors (Lipinski definition) is 1. The minimum Gasteiger partial charge on any atom is -0.369 e. The largest absolute Gasteiger partial charge is 0.369 e. The maximum absolute atomic E-state index is 12.3. The predicted molar refractivity (Wildman–Crippen MR) is 88.1 cm³/mol. The number of benzene rings is 1. The first-order valence-electron chi connectivity index (χ1n) is 7.73. The maximum atomic E-state index is 12.3. The molecular weight excluding hydrogens is 292 g/mol. The van der Waals surface area contributed by atoms with Crippen molar-refractivity contribution in [3.05, 3.63) is 58.5 Å². The molecule has 6 nitrogen and oxygen atoms in total. The Hall–Kier alpha value is -2.63. The summed E-state index contributed by atoms with van der Waals surface area (Å²) in [4.78, 5) is 26.0. The van der Waals surface area contributed by atoms with Crippen LogP contribution >= 0.6 is 0 Å². The van der Waals surface area contributed by atoms with Gasteiger partial charge in [0.2, 0.25) is 5.91 Å². The standard InChI is InChI=1S/C17H20N4O2/c1-20-16(22)9-15(11-19-20)21-8-7-14(12-21)17(23)18-10-13-5-3-2-4-6-13/h2-6,9,11,14H,7-8,10,12H2,1H3,(H,18,23). The van der Waals surface area contributed by atoms with Crippen LogP contribution in [-0.2, 0) is 18.4 Å². The number of carbonyl (C=O) groups is 1. The van der Waals surface area contributed by atoms with Crippen LogP contribution in [0.4, 0.5) is 5.69 Å². The van der Waals surface area contributed by atoms with Crippen molar-refractivity contribution in [2.45, 2.75) is 13.0 Å². The van der Waals surface area contributed by atoms with Crippen LogP contribution in [-0.4, -0.2) is 28.8 Å². The molecule has 1 fully saturated rings. The van der Waals surface area contributed by atoms with Crippen LogP contribution in [0.25, 0.3) is 0 Å². The molecule has 120 valence electrons. The molecule has 1 aliphatic heterocycles. The van der Waals surface area contributed by atoms with E-state index in [1.54, 1.807) is 19.3 Å². The highest BCUT2D eigenvalue weighted by molar-refractivity contribution is 5.80. The molecule has 2 aromatic rings. The molecule has 1 aromatic carbocycles. The van der Waals surface area contributed by atoms with Crippen LogP contribution in [0.2, 0.25) is 0 Å². The monoisotopic (exact) mass is 312 g/mol. The summed E-state index contributed by atoms with van der Waals surface area (Å²) in [5, 5.41) is 7.02. The van der Waals surface area contributed by atoms with Gasteiger partial charge in [0.05, 0.1) is 17.8 Å². The zero-order chi connectivity index (χ0) is 16.2. The summed E-state index contributed by atoms with van der Waals surface area (Å²) in [5.74, 6) is 0.0101. The number of rotatable bonds is 4. The molecule has 1 atom stereocenters. The van der Waals surface area contributed by atoms with Crippen molar-refractivity contribution in [1.82, 2.24) is 15.1 Å². The molecule has 1 aliphatic rings. The average Bonchev–Trinajstić information content (AvgIpc) is 3.06. The number of nitrogens with one attached hydrogen (secondary N) is 1. The van der Waals surface area contributed by atoms with Crippen molar-refractivity contribution in [1.29, 1.82) is 0 Å². The molecule has 1 amide bonds. The van der Waals surface area contributed by atoms with E-state index in [1.807, 2.05) is 35.2 Å². The third kappa shape index (κ3) is 3.59. The Morgan fingerprint density at radius 1 is 1.35 bits per heavy atom. The van der Waals surface area contributed by atoms with Gasteiger partial charge in [0.15, 0.2) is 0 Å².